The van der Waals surface area contributed by atoms with Gasteiger partial charge in [0, 0.05) is 49.4 Å². The van der Waals surface area contributed by atoms with E-state index in [0.717, 1.165) is 45.0 Å². The van der Waals surface area contributed by atoms with E-state index in [1.54, 1.807) is 11.3 Å². The zero-order valence-electron chi connectivity index (χ0n) is 16.6. The molecule has 0 aliphatic carbocycles. The molecular formula is C21H30IN5S. The van der Waals surface area contributed by atoms with Crippen LogP contribution in [-0.4, -0.2) is 37.1 Å². The minimum atomic E-state index is 0. The first-order valence-electron chi connectivity index (χ1n) is 9.73. The molecule has 5 nitrogen and oxygen atoms in total. The molecule has 0 radical (unpaired) electrons. The van der Waals surface area contributed by atoms with Crippen molar-refractivity contribution in [2.75, 3.05) is 31.1 Å². The molecule has 1 aliphatic rings. The van der Waals surface area contributed by atoms with Gasteiger partial charge in [-0.25, -0.2) is 9.98 Å². The van der Waals surface area contributed by atoms with Gasteiger partial charge in [0.1, 0.15) is 0 Å². The summed E-state index contributed by atoms with van der Waals surface area (Å²) in [5, 5.41) is 7.93. The molecule has 28 heavy (non-hydrogen) atoms. The lowest BCUT2D eigenvalue weighted by molar-refractivity contribution is 0.796. The SMILES string of the molecule is CCNC(=NCc1cccc(N2CC=CC2)c1)NCCc1ncc(CC)s1.I. The van der Waals surface area contributed by atoms with Gasteiger partial charge in [-0.3, -0.25) is 0 Å². The molecule has 2 aromatic rings. The number of thiazole rings is 1. The summed E-state index contributed by atoms with van der Waals surface area (Å²) in [4.78, 5) is 12.9. The number of aryl methyl sites for hydroxylation is 1. The van der Waals surface area contributed by atoms with Crippen LogP contribution in [0.1, 0.15) is 29.3 Å². The zero-order valence-corrected chi connectivity index (χ0v) is 19.8. The molecule has 0 unspecified atom stereocenters. The van der Waals surface area contributed by atoms with Crippen molar-refractivity contribution in [2.24, 2.45) is 4.99 Å². The van der Waals surface area contributed by atoms with E-state index in [-0.39, 0.29) is 24.0 Å². The van der Waals surface area contributed by atoms with Gasteiger partial charge in [0.05, 0.1) is 11.6 Å². The van der Waals surface area contributed by atoms with E-state index in [1.807, 2.05) is 6.20 Å². The minimum Gasteiger partial charge on any atom is -0.364 e. The number of benzene rings is 1. The first-order valence-corrected chi connectivity index (χ1v) is 10.5. The number of aromatic nitrogens is 1. The Balaban J connectivity index is 0.00000280. The fourth-order valence-electron chi connectivity index (χ4n) is 2.97. The number of hydrogen-bond acceptors (Lipinski definition) is 4. The summed E-state index contributed by atoms with van der Waals surface area (Å²) in [7, 11) is 0. The summed E-state index contributed by atoms with van der Waals surface area (Å²) >= 11 is 1.80. The normalized spacial score (nSPS) is 13.5. The molecule has 1 aromatic heterocycles. The van der Waals surface area contributed by atoms with Crippen molar-refractivity contribution < 1.29 is 0 Å². The lowest BCUT2D eigenvalue weighted by atomic mass is 10.2. The topological polar surface area (TPSA) is 52.6 Å². The summed E-state index contributed by atoms with van der Waals surface area (Å²) < 4.78 is 0. The number of rotatable bonds is 8. The predicted molar refractivity (Wildman–Crippen MR) is 131 cm³/mol. The molecule has 0 saturated heterocycles. The van der Waals surface area contributed by atoms with Gasteiger partial charge in [0.2, 0.25) is 0 Å². The molecule has 2 heterocycles. The number of anilines is 1. The summed E-state index contributed by atoms with van der Waals surface area (Å²) in [6.45, 7) is 8.60. The molecule has 1 aromatic carbocycles. The van der Waals surface area contributed by atoms with E-state index in [0.29, 0.717) is 6.54 Å². The van der Waals surface area contributed by atoms with E-state index < -0.39 is 0 Å². The van der Waals surface area contributed by atoms with Crippen molar-refractivity contribution >= 4 is 47.0 Å². The van der Waals surface area contributed by atoms with E-state index in [2.05, 4.69) is 70.8 Å². The second-order valence-corrected chi connectivity index (χ2v) is 7.69. The van der Waals surface area contributed by atoms with Crippen LogP contribution in [0.3, 0.4) is 0 Å². The van der Waals surface area contributed by atoms with Crippen LogP contribution in [0.2, 0.25) is 0 Å². The van der Waals surface area contributed by atoms with Crippen LogP contribution in [0.25, 0.3) is 0 Å². The third-order valence-electron chi connectivity index (χ3n) is 4.44. The molecule has 2 N–H and O–H groups in total. The molecule has 0 spiro atoms. The molecule has 7 heteroatoms. The standard InChI is InChI=1S/C21H29N5S.HI/c1-3-19-16-24-20(27-19)10-11-23-21(22-4-2)25-15-17-8-7-9-18(14-17)26-12-5-6-13-26;/h5-9,14,16H,3-4,10-13,15H2,1-2H3,(H2,22,23,25);1H. The Hall–Kier alpha value is -1.61. The van der Waals surface area contributed by atoms with Crippen LogP contribution in [-0.2, 0) is 19.4 Å². The Kier molecular flexibility index (Phi) is 9.77. The Morgan fingerprint density at radius 2 is 2.04 bits per heavy atom. The average molecular weight is 511 g/mol. The van der Waals surface area contributed by atoms with Crippen LogP contribution in [0, 0.1) is 0 Å². The highest BCUT2D eigenvalue weighted by Gasteiger charge is 2.08. The summed E-state index contributed by atoms with van der Waals surface area (Å²) in [5.41, 5.74) is 2.49. The Bertz CT molecular complexity index is 779. The maximum Gasteiger partial charge on any atom is 0.191 e. The molecule has 0 amide bonds. The van der Waals surface area contributed by atoms with Gasteiger partial charge in [-0.15, -0.1) is 35.3 Å². The monoisotopic (exact) mass is 511 g/mol. The highest BCUT2D eigenvalue weighted by atomic mass is 127. The van der Waals surface area contributed by atoms with Gasteiger partial charge >= 0.3 is 0 Å². The molecule has 1 aliphatic heterocycles. The van der Waals surface area contributed by atoms with Crippen molar-refractivity contribution in [3.8, 4) is 0 Å². The molecule has 0 saturated carbocycles. The van der Waals surface area contributed by atoms with Crippen molar-refractivity contribution in [1.82, 2.24) is 15.6 Å². The number of hydrogen-bond donors (Lipinski definition) is 2. The summed E-state index contributed by atoms with van der Waals surface area (Å²) in [6.07, 6.45) is 8.39. The number of guanidine groups is 1. The van der Waals surface area contributed by atoms with Crippen molar-refractivity contribution in [1.29, 1.82) is 0 Å². The third kappa shape index (κ3) is 6.77. The van der Waals surface area contributed by atoms with Gasteiger partial charge in [-0.1, -0.05) is 31.2 Å². The molecular weight excluding hydrogens is 481 g/mol. The fraction of sp³-hybridized carbons (Fsp3) is 0.429. The number of halogens is 1. The quantitative estimate of drug-likeness (QED) is 0.244. The lowest BCUT2D eigenvalue weighted by Crippen LogP contribution is -2.38. The Morgan fingerprint density at radius 1 is 1.21 bits per heavy atom. The maximum atomic E-state index is 4.75. The Labute approximate surface area is 189 Å². The van der Waals surface area contributed by atoms with Crippen molar-refractivity contribution in [3.63, 3.8) is 0 Å². The maximum absolute atomic E-state index is 4.75. The van der Waals surface area contributed by atoms with Crippen LogP contribution >= 0.6 is 35.3 Å². The summed E-state index contributed by atoms with van der Waals surface area (Å²) in [5.74, 6) is 0.859. The first-order chi connectivity index (χ1) is 13.3. The predicted octanol–water partition coefficient (Wildman–Crippen LogP) is 4.00. The minimum absolute atomic E-state index is 0. The number of nitrogens with one attached hydrogen (secondary N) is 2. The first kappa shape index (κ1) is 22.7. The molecule has 0 fully saturated rings. The fourth-order valence-corrected chi connectivity index (χ4v) is 3.83. The second kappa shape index (κ2) is 12.1. The van der Waals surface area contributed by atoms with Crippen LogP contribution in [0.15, 0.2) is 47.6 Å². The van der Waals surface area contributed by atoms with Gasteiger partial charge in [0.15, 0.2) is 5.96 Å². The van der Waals surface area contributed by atoms with E-state index in [9.17, 15) is 0 Å². The van der Waals surface area contributed by atoms with E-state index in [1.165, 1.54) is 21.1 Å². The highest BCUT2D eigenvalue weighted by molar-refractivity contribution is 14.0. The summed E-state index contributed by atoms with van der Waals surface area (Å²) in [6, 6.07) is 8.67. The van der Waals surface area contributed by atoms with Gasteiger partial charge in [-0.2, -0.15) is 0 Å². The van der Waals surface area contributed by atoms with Crippen molar-refractivity contribution in [2.45, 2.75) is 33.2 Å². The third-order valence-corrected chi connectivity index (χ3v) is 5.64. The average Bonchev–Trinajstić information content (AvgIpc) is 3.38. The molecule has 152 valence electrons. The van der Waals surface area contributed by atoms with Crippen LogP contribution in [0.4, 0.5) is 5.69 Å². The zero-order chi connectivity index (χ0) is 18.9. The van der Waals surface area contributed by atoms with Crippen LogP contribution < -0.4 is 15.5 Å². The van der Waals surface area contributed by atoms with Gasteiger partial charge in [-0.05, 0) is 31.0 Å². The largest absolute Gasteiger partial charge is 0.364 e. The van der Waals surface area contributed by atoms with Crippen LogP contribution in [0.5, 0.6) is 0 Å². The van der Waals surface area contributed by atoms with E-state index >= 15 is 0 Å². The number of aliphatic imine (C=N–C) groups is 1. The number of nitrogens with zero attached hydrogens (tertiary/aromatic N) is 3. The van der Waals surface area contributed by atoms with Gasteiger partial charge < -0.3 is 15.5 Å². The second-order valence-electron chi connectivity index (χ2n) is 6.49. The lowest BCUT2D eigenvalue weighted by Gasteiger charge is -2.18. The molecule has 0 atom stereocenters. The highest BCUT2D eigenvalue weighted by Crippen LogP contribution is 2.19. The molecule has 3 rings (SSSR count). The molecule has 0 bridgehead atoms. The van der Waals surface area contributed by atoms with Gasteiger partial charge in [0.25, 0.3) is 0 Å². The van der Waals surface area contributed by atoms with Crippen molar-refractivity contribution in [3.05, 3.63) is 58.1 Å². The smallest absolute Gasteiger partial charge is 0.191 e. The Morgan fingerprint density at radius 3 is 2.75 bits per heavy atom. The van der Waals surface area contributed by atoms with E-state index in [4.69, 9.17) is 4.99 Å².